The molecule has 2 heterocycles. The van der Waals surface area contributed by atoms with Gasteiger partial charge in [0.2, 0.25) is 0 Å². The van der Waals surface area contributed by atoms with E-state index in [0.717, 1.165) is 36.3 Å². The van der Waals surface area contributed by atoms with Gasteiger partial charge < -0.3 is 4.74 Å². The van der Waals surface area contributed by atoms with Crippen molar-refractivity contribution in [3.63, 3.8) is 0 Å². The largest absolute Gasteiger partial charge is 0.493 e. The van der Waals surface area contributed by atoms with Crippen molar-refractivity contribution in [3.8, 4) is 5.75 Å². The van der Waals surface area contributed by atoms with Crippen molar-refractivity contribution in [2.75, 3.05) is 6.61 Å². The zero-order valence-corrected chi connectivity index (χ0v) is 10.8. The normalized spacial score (nSPS) is 13.1. The van der Waals surface area contributed by atoms with Crippen molar-refractivity contribution >= 4 is 17.1 Å². The molecular weight excluding hydrogens is 244 g/mol. The van der Waals surface area contributed by atoms with Crippen LogP contribution < -0.4 is 4.74 Å². The molecule has 0 bridgehead atoms. The third kappa shape index (κ3) is 2.31. The van der Waals surface area contributed by atoms with Crippen molar-refractivity contribution in [1.82, 2.24) is 0 Å². The fraction of sp³-hybridized carbons (Fsp3) is 0.267. The predicted molar refractivity (Wildman–Crippen MR) is 72.6 cm³/mol. The Bertz CT molecular complexity index is 558. The lowest BCUT2D eigenvalue weighted by Gasteiger charge is -2.03. The first-order valence-corrected chi connectivity index (χ1v) is 7.07. The van der Waals surface area contributed by atoms with Crippen molar-refractivity contribution in [3.05, 3.63) is 51.7 Å². The smallest absolute Gasteiger partial charge is 0.163 e. The first-order valence-electron chi connectivity index (χ1n) is 6.13. The van der Waals surface area contributed by atoms with Gasteiger partial charge in [0.1, 0.15) is 5.75 Å². The average Bonchev–Trinajstić information content (AvgIpc) is 3.05. The maximum atomic E-state index is 12.1. The molecule has 0 radical (unpaired) electrons. The minimum atomic E-state index is 0.218. The summed E-state index contributed by atoms with van der Waals surface area (Å²) in [6, 6.07) is 7.85. The molecule has 3 rings (SSSR count). The number of fused-ring (bicyclic) bond motifs is 1. The van der Waals surface area contributed by atoms with Crippen molar-refractivity contribution in [1.29, 1.82) is 0 Å². The van der Waals surface area contributed by atoms with Gasteiger partial charge in [0.05, 0.1) is 6.61 Å². The Balaban J connectivity index is 1.69. The Morgan fingerprint density at radius 1 is 1.33 bits per heavy atom. The van der Waals surface area contributed by atoms with E-state index in [1.54, 1.807) is 11.3 Å². The second-order valence-corrected chi connectivity index (χ2v) is 5.26. The van der Waals surface area contributed by atoms with E-state index >= 15 is 0 Å². The van der Waals surface area contributed by atoms with Gasteiger partial charge in [-0.15, -0.1) is 0 Å². The molecule has 92 valence electrons. The SMILES string of the molecule is O=C(CCc1ccsc1)c1ccc2c(c1)CCO2. The summed E-state index contributed by atoms with van der Waals surface area (Å²) in [4.78, 5) is 12.1. The molecular formula is C15H14O2S. The molecule has 1 aromatic carbocycles. The van der Waals surface area contributed by atoms with Gasteiger partial charge in [-0.3, -0.25) is 4.79 Å². The first kappa shape index (κ1) is 11.5. The molecule has 18 heavy (non-hydrogen) atoms. The lowest BCUT2D eigenvalue weighted by molar-refractivity contribution is 0.0983. The number of hydrogen-bond donors (Lipinski definition) is 0. The number of ether oxygens (including phenoxy) is 1. The van der Waals surface area contributed by atoms with Gasteiger partial charge in [-0.25, -0.2) is 0 Å². The van der Waals surface area contributed by atoms with Crippen LogP contribution in [0.4, 0.5) is 0 Å². The van der Waals surface area contributed by atoms with Crippen LogP contribution in [0.2, 0.25) is 0 Å². The molecule has 0 saturated heterocycles. The fourth-order valence-electron chi connectivity index (χ4n) is 2.20. The number of aryl methyl sites for hydroxylation is 1. The van der Waals surface area contributed by atoms with Crippen LogP contribution in [0.25, 0.3) is 0 Å². The molecule has 0 saturated carbocycles. The molecule has 1 aliphatic heterocycles. The van der Waals surface area contributed by atoms with Crippen LogP contribution in [-0.4, -0.2) is 12.4 Å². The summed E-state index contributed by atoms with van der Waals surface area (Å²) in [7, 11) is 0. The quantitative estimate of drug-likeness (QED) is 0.785. The number of carbonyl (C=O) groups is 1. The highest BCUT2D eigenvalue weighted by atomic mass is 32.1. The molecule has 0 aliphatic carbocycles. The van der Waals surface area contributed by atoms with Gasteiger partial charge in [0, 0.05) is 18.4 Å². The second-order valence-electron chi connectivity index (χ2n) is 4.48. The summed E-state index contributed by atoms with van der Waals surface area (Å²) in [5.74, 6) is 1.15. The van der Waals surface area contributed by atoms with Crippen molar-refractivity contribution in [2.45, 2.75) is 19.3 Å². The number of carbonyl (C=O) groups excluding carboxylic acids is 1. The monoisotopic (exact) mass is 258 g/mol. The highest BCUT2D eigenvalue weighted by Crippen LogP contribution is 2.26. The van der Waals surface area contributed by atoms with Crippen LogP contribution in [0.3, 0.4) is 0 Å². The molecule has 0 atom stereocenters. The number of rotatable bonds is 4. The van der Waals surface area contributed by atoms with Gasteiger partial charge in [-0.2, -0.15) is 11.3 Å². The van der Waals surface area contributed by atoms with E-state index in [4.69, 9.17) is 4.74 Å². The van der Waals surface area contributed by atoms with Crippen LogP contribution in [0, 0.1) is 0 Å². The Morgan fingerprint density at radius 3 is 3.11 bits per heavy atom. The number of Topliss-reactive ketones (excluding diaryl/α,β-unsaturated/α-hetero) is 1. The van der Waals surface area contributed by atoms with E-state index in [1.165, 1.54) is 5.56 Å². The maximum Gasteiger partial charge on any atom is 0.163 e. The zero-order valence-electron chi connectivity index (χ0n) is 10.0. The van der Waals surface area contributed by atoms with E-state index in [-0.39, 0.29) is 5.78 Å². The third-order valence-corrected chi connectivity index (χ3v) is 3.96. The summed E-state index contributed by atoms with van der Waals surface area (Å²) in [6.45, 7) is 0.738. The van der Waals surface area contributed by atoms with Crippen LogP contribution in [-0.2, 0) is 12.8 Å². The summed E-state index contributed by atoms with van der Waals surface area (Å²) in [5, 5.41) is 4.15. The van der Waals surface area contributed by atoms with Gasteiger partial charge in [-0.05, 0) is 52.6 Å². The number of ketones is 1. The van der Waals surface area contributed by atoms with E-state index < -0.39 is 0 Å². The zero-order chi connectivity index (χ0) is 12.4. The van der Waals surface area contributed by atoms with Crippen molar-refractivity contribution < 1.29 is 9.53 Å². The molecule has 0 unspecified atom stereocenters. The summed E-state index contributed by atoms with van der Waals surface area (Å²) < 4.78 is 5.44. The Labute approximate surface area is 110 Å². The Kier molecular flexibility index (Phi) is 3.15. The maximum absolute atomic E-state index is 12.1. The molecule has 0 fully saturated rings. The Hall–Kier alpha value is -1.61. The third-order valence-electron chi connectivity index (χ3n) is 3.23. The summed E-state index contributed by atoms with van der Waals surface area (Å²) in [5.41, 5.74) is 3.23. The highest BCUT2D eigenvalue weighted by molar-refractivity contribution is 7.07. The summed E-state index contributed by atoms with van der Waals surface area (Å²) >= 11 is 1.68. The summed E-state index contributed by atoms with van der Waals surface area (Å²) in [6.07, 6.45) is 2.33. The standard InChI is InChI=1S/C15H14O2S/c16-14(3-1-11-6-8-18-10-11)12-2-4-15-13(9-12)5-7-17-15/h2,4,6,8-10H,1,3,5,7H2. The molecule has 1 aromatic heterocycles. The van der Waals surface area contributed by atoms with Crippen LogP contribution in [0.15, 0.2) is 35.0 Å². The van der Waals surface area contributed by atoms with Gasteiger partial charge in [0.25, 0.3) is 0 Å². The van der Waals surface area contributed by atoms with Crippen molar-refractivity contribution in [2.24, 2.45) is 0 Å². The molecule has 0 N–H and O–H groups in total. The molecule has 0 spiro atoms. The molecule has 2 aromatic rings. The van der Waals surface area contributed by atoms with E-state index in [9.17, 15) is 4.79 Å². The number of benzene rings is 1. The van der Waals surface area contributed by atoms with Crippen LogP contribution >= 0.6 is 11.3 Å². The average molecular weight is 258 g/mol. The lowest BCUT2D eigenvalue weighted by atomic mass is 10.0. The molecule has 0 amide bonds. The van der Waals surface area contributed by atoms with Crippen LogP contribution in [0.1, 0.15) is 27.9 Å². The highest BCUT2D eigenvalue weighted by Gasteiger charge is 2.14. The first-order chi connectivity index (χ1) is 8.83. The van der Waals surface area contributed by atoms with E-state index in [1.807, 2.05) is 23.6 Å². The van der Waals surface area contributed by atoms with Gasteiger partial charge in [-0.1, -0.05) is 0 Å². The molecule has 2 nitrogen and oxygen atoms in total. The minimum Gasteiger partial charge on any atom is -0.493 e. The number of thiophene rings is 1. The molecule has 1 aliphatic rings. The minimum absolute atomic E-state index is 0.218. The van der Waals surface area contributed by atoms with Gasteiger partial charge in [0.15, 0.2) is 5.78 Å². The number of hydrogen-bond acceptors (Lipinski definition) is 3. The predicted octanol–water partition coefficient (Wildman–Crippen LogP) is 3.50. The van der Waals surface area contributed by atoms with E-state index in [0.29, 0.717) is 6.42 Å². The second kappa shape index (κ2) is 4.94. The topological polar surface area (TPSA) is 26.3 Å². The molecule has 3 heteroatoms. The van der Waals surface area contributed by atoms with E-state index in [2.05, 4.69) is 11.4 Å². The van der Waals surface area contributed by atoms with Gasteiger partial charge >= 0.3 is 0 Å². The van der Waals surface area contributed by atoms with Crippen LogP contribution in [0.5, 0.6) is 5.75 Å². The lowest BCUT2D eigenvalue weighted by Crippen LogP contribution is -2.01. The Morgan fingerprint density at radius 2 is 2.28 bits per heavy atom. The fourth-order valence-corrected chi connectivity index (χ4v) is 2.90.